The van der Waals surface area contributed by atoms with Crippen molar-refractivity contribution < 1.29 is 9.59 Å². The molecule has 0 unspecified atom stereocenters. The number of halogens is 1. The fourth-order valence-corrected chi connectivity index (χ4v) is 2.59. The van der Waals surface area contributed by atoms with Crippen LogP contribution in [0.3, 0.4) is 0 Å². The lowest BCUT2D eigenvalue weighted by molar-refractivity contribution is -0.127. The molecule has 2 amide bonds. The van der Waals surface area contributed by atoms with E-state index in [1.165, 1.54) is 0 Å². The molecule has 2 N–H and O–H groups in total. The Morgan fingerprint density at radius 1 is 1.43 bits per heavy atom. The normalized spacial score (nSPS) is 21.5. The lowest BCUT2D eigenvalue weighted by Crippen LogP contribution is -2.42. The smallest absolute Gasteiger partial charge is 0.239 e. The highest BCUT2D eigenvalue weighted by Crippen LogP contribution is 2.37. The summed E-state index contributed by atoms with van der Waals surface area (Å²) in [5, 5.41) is 6.25. The van der Waals surface area contributed by atoms with Crippen LogP contribution >= 0.6 is 11.6 Å². The first-order valence-electron chi connectivity index (χ1n) is 7.27. The first-order valence-corrected chi connectivity index (χ1v) is 7.65. The predicted octanol–water partition coefficient (Wildman–Crippen LogP) is 2.16. The van der Waals surface area contributed by atoms with Crippen molar-refractivity contribution in [2.24, 2.45) is 11.8 Å². The van der Waals surface area contributed by atoms with Crippen LogP contribution < -0.4 is 10.6 Å². The summed E-state index contributed by atoms with van der Waals surface area (Å²) in [6.07, 6.45) is 1.64. The summed E-state index contributed by atoms with van der Waals surface area (Å²) in [5.41, 5.74) is 1.08. The highest BCUT2D eigenvalue weighted by atomic mass is 35.5. The van der Waals surface area contributed by atoms with Gasteiger partial charge in [-0.05, 0) is 43.4 Å². The standard InChI is InChI=1S/C16H21ClN2O2/c1-10-6-14(10)16(21)18-9-15(20)19-11(2)7-12-4-3-5-13(17)8-12/h3-5,8,10-11,14H,6-7,9H2,1-2H3,(H,18,21)(H,19,20)/t10-,11-,14-/m1/s1. The SMILES string of the molecule is C[C@H](Cc1cccc(Cl)c1)NC(=O)CNC(=O)[C@@H]1C[C@H]1C. The predicted molar refractivity (Wildman–Crippen MR) is 83.0 cm³/mol. The number of rotatable bonds is 6. The Labute approximate surface area is 130 Å². The van der Waals surface area contributed by atoms with E-state index in [1.807, 2.05) is 38.1 Å². The monoisotopic (exact) mass is 308 g/mol. The molecule has 0 saturated heterocycles. The average Bonchev–Trinajstić information content (AvgIpc) is 3.13. The Morgan fingerprint density at radius 2 is 2.14 bits per heavy atom. The molecule has 1 aliphatic rings. The van der Waals surface area contributed by atoms with Gasteiger partial charge in [0.2, 0.25) is 11.8 Å². The van der Waals surface area contributed by atoms with Crippen LogP contribution in [0.15, 0.2) is 24.3 Å². The molecule has 2 rings (SSSR count). The van der Waals surface area contributed by atoms with Crippen LogP contribution in [0, 0.1) is 11.8 Å². The Morgan fingerprint density at radius 3 is 2.76 bits per heavy atom. The van der Waals surface area contributed by atoms with Crippen molar-refractivity contribution in [2.75, 3.05) is 6.54 Å². The van der Waals surface area contributed by atoms with Gasteiger partial charge < -0.3 is 10.6 Å². The zero-order chi connectivity index (χ0) is 15.4. The maximum absolute atomic E-state index is 11.8. The van der Waals surface area contributed by atoms with Gasteiger partial charge in [-0.2, -0.15) is 0 Å². The minimum atomic E-state index is -0.161. The summed E-state index contributed by atoms with van der Waals surface area (Å²) >= 11 is 5.93. The van der Waals surface area contributed by atoms with Crippen molar-refractivity contribution in [2.45, 2.75) is 32.7 Å². The van der Waals surface area contributed by atoms with Crippen molar-refractivity contribution in [3.63, 3.8) is 0 Å². The van der Waals surface area contributed by atoms with Crippen molar-refractivity contribution in [3.8, 4) is 0 Å². The molecule has 0 aromatic heterocycles. The first kappa shape index (κ1) is 15.8. The number of hydrogen-bond acceptors (Lipinski definition) is 2. The summed E-state index contributed by atoms with van der Waals surface area (Å²) in [5.74, 6) is 0.378. The number of benzene rings is 1. The van der Waals surface area contributed by atoms with E-state index >= 15 is 0 Å². The van der Waals surface area contributed by atoms with Gasteiger partial charge in [-0.1, -0.05) is 30.7 Å². The largest absolute Gasteiger partial charge is 0.352 e. The van der Waals surface area contributed by atoms with E-state index in [4.69, 9.17) is 11.6 Å². The second-order valence-corrected chi connectivity index (χ2v) is 6.28. The van der Waals surface area contributed by atoms with Gasteiger partial charge in [0.05, 0.1) is 6.54 Å². The first-order chi connectivity index (χ1) is 9.95. The third-order valence-corrected chi connectivity index (χ3v) is 3.94. The van der Waals surface area contributed by atoms with Crippen LogP contribution in [0.5, 0.6) is 0 Å². The summed E-state index contributed by atoms with van der Waals surface area (Å²) < 4.78 is 0. The molecule has 4 nitrogen and oxygen atoms in total. The van der Waals surface area contributed by atoms with Crippen LogP contribution in [0.1, 0.15) is 25.8 Å². The summed E-state index contributed by atoms with van der Waals surface area (Å²) in [7, 11) is 0. The average molecular weight is 309 g/mol. The molecular weight excluding hydrogens is 288 g/mol. The second kappa shape index (κ2) is 6.94. The van der Waals surface area contributed by atoms with Crippen LogP contribution in [-0.2, 0) is 16.0 Å². The topological polar surface area (TPSA) is 58.2 Å². The molecule has 114 valence electrons. The van der Waals surface area contributed by atoms with Crippen LogP contribution in [0.2, 0.25) is 5.02 Å². The van der Waals surface area contributed by atoms with Gasteiger partial charge in [0.15, 0.2) is 0 Å². The van der Waals surface area contributed by atoms with E-state index in [0.717, 1.165) is 12.0 Å². The van der Waals surface area contributed by atoms with Crippen LogP contribution in [0.25, 0.3) is 0 Å². The zero-order valence-electron chi connectivity index (χ0n) is 12.4. The molecule has 0 heterocycles. The van der Waals surface area contributed by atoms with Gasteiger partial charge in [0.1, 0.15) is 0 Å². The van der Waals surface area contributed by atoms with Crippen LogP contribution in [0.4, 0.5) is 0 Å². The second-order valence-electron chi connectivity index (χ2n) is 5.84. The Balaban J connectivity index is 1.70. The number of carbonyl (C=O) groups excluding carboxylic acids is 2. The Kier molecular flexibility index (Phi) is 5.23. The fraction of sp³-hybridized carbons (Fsp3) is 0.500. The highest BCUT2D eigenvalue weighted by molar-refractivity contribution is 6.30. The third kappa shape index (κ3) is 5.05. The van der Waals surface area contributed by atoms with Gasteiger partial charge >= 0.3 is 0 Å². The van der Waals surface area contributed by atoms with E-state index in [-0.39, 0.29) is 30.3 Å². The third-order valence-electron chi connectivity index (χ3n) is 3.71. The lowest BCUT2D eigenvalue weighted by Gasteiger charge is -2.14. The van der Waals surface area contributed by atoms with Crippen molar-refractivity contribution in [1.29, 1.82) is 0 Å². The van der Waals surface area contributed by atoms with E-state index < -0.39 is 0 Å². The van der Waals surface area contributed by atoms with E-state index in [2.05, 4.69) is 10.6 Å². The Bertz CT molecular complexity index is 533. The molecule has 1 aromatic rings. The summed E-state index contributed by atoms with van der Waals surface area (Å²) in [6, 6.07) is 7.57. The van der Waals surface area contributed by atoms with Crippen molar-refractivity contribution >= 4 is 23.4 Å². The molecule has 1 saturated carbocycles. The number of nitrogens with one attached hydrogen (secondary N) is 2. The van der Waals surface area contributed by atoms with E-state index in [1.54, 1.807) is 0 Å². The van der Waals surface area contributed by atoms with Gasteiger partial charge in [0, 0.05) is 17.0 Å². The molecule has 1 aliphatic carbocycles. The molecule has 5 heteroatoms. The molecule has 0 bridgehead atoms. The van der Waals surface area contributed by atoms with Gasteiger partial charge in [-0.25, -0.2) is 0 Å². The molecule has 21 heavy (non-hydrogen) atoms. The molecule has 1 aromatic carbocycles. The van der Waals surface area contributed by atoms with Gasteiger partial charge in [0.25, 0.3) is 0 Å². The van der Waals surface area contributed by atoms with Gasteiger partial charge in [-0.15, -0.1) is 0 Å². The lowest BCUT2D eigenvalue weighted by atomic mass is 10.1. The van der Waals surface area contributed by atoms with Crippen LogP contribution in [-0.4, -0.2) is 24.4 Å². The molecule has 0 radical (unpaired) electrons. The van der Waals surface area contributed by atoms with Crippen molar-refractivity contribution in [1.82, 2.24) is 10.6 Å². The van der Waals surface area contributed by atoms with Gasteiger partial charge in [-0.3, -0.25) is 9.59 Å². The quantitative estimate of drug-likeness (QED) is 0.846. The Hall–Kier alpha value is -1.55. The number of carbonyl (C=O) groups is 2. The molecule has 3 atom stereocenters. The van der Waals surface area contributed by atoms with E-state index in [0.29, 0.717) is 17.4 Å². The summed E-state index contributed by atoms with van der Waals surface area (Å²) in [4.78, 5) is 23.4. The molecule has 0 spiro atoms. The molecular formula is C16H21ClN2O2. The summed E-state index contributed by atoms with van der Waals surface area (Å²) in [6.45, 7) is 4.02. The van der Waals surface area contributed by atoms with Crippen molar-refractivity contribution in [3.05, 3.63) is 34.9 Å². The number of amides is 2. The maximum atomic E-state index is 11.8. The minimum Gasteiger partial charge on any atom is -0.352 e. The van der Waals surface area contributed by atoms with E-state index in [9.17, 15) is 9.59 Å². The maximum Gasteiger partial charge on any atom is 0.239 e. The molecule has 1 fully saturated rings. The zero-order valence-corrected chi connectivity index (χ0v) is 13.1. The fourth-order valence-electron chi connectivity index (χ4n) is 2.38. The number of hydrogen-bond donors (Lipinski definition) is 2. The highest BCUT2D eigenvalue weighted by Gasteiger charge is 2.38. The minimum absolute atomic E-state index is 0.00674. The molecule has 0 aliphatic heterocycles.